The number of carbonyl (C=O) groups is 2. The highest BCUT2D eigenvalue weighted by Crippen LogP contribution is 2.25. The van der Waals surface area contributed by atoms with Crippen LogP contribution >= 0.6 is 11.3 Å². The van der Waals surface area contributed by atoms with E-state index in [9.17, 15) is 9.59 Å². The van der Waals surface area contributed by atoms with Crippen LogP contribution < -0.4 is 5.32 Å². The Bertz CT molecular complexity index is 578. The number of nitrogens with one attached hydrogen (secondary N) is 1. The summed E-state index contributed by atoms with van der Waals surface area (Å²) in [4.78, 5) is 26.3. The largest absolute Gasteiger partial charge is 0.479 e. The molecule has 1 aromatic heterocycles. The lowest BCUT2D eigenvalue weighted by Gasteiger charge is -2.07. The van der Waals surface area contributed by atoms with E-state index in [-0.39, 0.29) is 6.61 Å². The van der Waals surface area contributed by atoms with E-state index in [0.717, 1.165) is 10.2 Å². The zero-order valence-electron chi connectivity index (χ0n) is 10.1. The number of ether oxygens (including phenoxy) is 1. The van der Waals surface area contributed by atoms with Crippen LogP contribution in [0.2, 0.25) is 0 Å². The molecule has 2 aromatic rings. The predicted octanol–water partition coefficient (Wildman–Crippen LogP) is 1.72. The van der Waals surface area contributed by atoms with Crippen LogP contribution in [0, 0.1) is 0 Å². The lowest BCUT2D eigenvalue weighted by atomic mass is 10.3. The number of nitrogens with zero attached hydrogens (tertiary/aromatic N) is 1. The molecule has 100 valence electrons. The Labute approximate surface area is 113 Å². The van der Waals surface area contributed by atoms with E-state index in [0.29, 0.717) is 5.13 Å². The molecule has 6 nitrogen and oxygen atoms in total. The van der Waals surface area contributed by atoms with Crippen LogP contribution in [-0.4, -0.2) is 34.7 Å². The second kappa shape index (κ2) is 5.77. The minimum Gasteiger partial charge on any atom is -0.479 e. The van der Waals surface area contributed by atoms with Crippen molar-refractivity contribution in [3.8, 4) is 0 Å². The van der Waals surface area contributed by atoms with Gasteiger partial charge in [0.1, 0.15) is 6.61 Å². The molecule has 1 atom stereocenters. The highest BCUT2D eigenvalue weighted by Gasteiger charge is 2.14. The normalized spacial score (nSPS) is 12.3. The van der Waals surface area contributed by atoms with Crippen molar-refractivity contribution in [1.29, 1.82) is 0 Å². The van der Waals surface area contributed by atoms with Crippen molar-refractivity contribution < 1.29 is 19.4 Å². The number of aliphatic carboxylic acids is 1. The molecule has 0 bridgehead atoms. The number of amides is 1. The predicted molar refractivity (Wildman–Crippen MR) is 71.3 cm³/mol. The number of carbonyl (C=O) groups excluding carboxylic acids is 1. The first-order valence-corrected chi connectivity index (χ1v) is 6.38. The Morgan fingerprint density at radius 3 is 2.89 bits per heavy atom. The van der Waals surface area contributed by atoms with E-state index >= 15 is 0 Å². The quantitative estimate of drug-likeness (QED) is 0.870. The van der Waals surface area contributed by atoms with Crippen molar-refractivity contribution in [2.75, 3.05) is 11.9 Å². The number of hydrogen-bond donors (Lipinski definition) is 2. The van der Waals surface area contributed by atoms with Crippen LogP contribution in [0.3, 0.4) is 0 Å². The fourth-order valence-electron chi connectivity index (χ4n) is 1.35. The average molecular weight is 280 g/mol. The molecule has 0 unspecified atom stereocenters. The number of fused-ring (bicyclic) bond motifs is 1. The highest BCUT2D eigenvalue weighted by atomic mass is 32.1. The zero-order valence-corrected chi connectivity index (χ0v) is 10.9. The summed E-state index contributed by atoms with van der Waals surface area (Å²) in [6.07, 6.45) is -1.01. The maximum absolute atomic E-state index is 11.6. The number of carboxylic acid groups (broad SMARTS) is 1. The van der Waals surface area contributed by atoms with Gasteiger partial charge in [-0.2, -0.15) is 0 Å². The maximum atomic E-state index is 11.6. The summed E-state index contributed by atoms with van der Waals surface area (Å²) in [5.41, 5.74) is 0.808. The summed E-state index contributed by atoms with van der Waals surface area (Å²) in [6, 6.07) is 7.52. The van der Waals surface area contributed by atoms with E-state index in [1.807, 2.05) is 24.3 Å². The van der Waals surface area contributed by atoms with Gasteiger partial charge < -0.3 is 9.84 Å². The molecule has 2 rings (SSSR count). The number of benzene rings is 1. The van der Waals surface area contributed by atoms with Crippen molar-refractivity contribution in [2.45, 2.75) is 13.0 Å². The Balaban J connectivity index is 1.93. The van der Waals surface area contributed by atoms with Gasteiger partial charge in [-0.05, 0) is 19.1 Å². The maximum Gasteiger partial charge on any atom is 0.332 e. The first-order valence-electron chi connectivity index (χ1n) is 5.56. The van der Waals surface area contributed by atoms with Gasteiger partial charge in [-0.1, -0.05) is 23.5 Å². The Kier molecular flexibility index (Phi) is 4.08. The molecule has 1 heterocycles. The van der Waals surface area contributed by atoms with Crippen LogP contribution in [0.5, 0.6) is 0 Å². The average Bonchev–Trinajstić information content (AvgIpc) is 2.77. The van der Waals surface area contributed by atoms with E-state index in [4.69, 9.17) is 9.84 Å². The van der Waals surface area contributed by atoms with Gasteiger partial charge in [0.25, 0.3) is 5.91 Å². The molecule has 19 heavy (non-hydrogen) atoms. The second-order valence-electron chi connectivity index (χ2n) is 3.83. The van der Waals surface area contributed by atoms with Crippen LogP contribution in [0.4, 0.5) is 5.13 Å². The third-order valence-corrected chi connectivity index (χ3v) is 3.30. The van der Waals surface area contributed by atoms with Gasteiger partial charge in [-0.3, -0.25) is 10.1 Å². The van der Waals surface area contributed by atoms with Crippen molar-refractivity contribution in [2.24, 2.45) is 0 Å². The lowest BCUT2D eigenvalue weighted by molar-refractivity contribution is -0.150. The molecule has 0 spiro atoms. The zero-order chi connectivity index (χ0) is 13.8. The molecule has 1 aromatic carbocycles. The fourth-order valence-corrected chi connectivity index (χ4v) is 2.24. The number of aromatic nitrogens is 1. The van der Waals surface area contributed by atoms with Gasteiger partial charge in [0.05, 0.1) is 10.2 Å². The highest BCUT2D eigenvalue weighted by molar-refractivity contribution is 7.22. The molecule has 0 aliphatic rings. The fraction of sp³-hybridized carbons (Fsp3) is 0.250. The summed E-state index contributed by atoms with van der Waals surface area (Å²) in [5.74, 6) is -1.53. The van der Waals surface area contributed by atoms with Crippen LogP contribution in [-0.2, 0) is 14.3 Å². The molecule has 0 saturated carbocycles. The van der Waals surface area contributed by atoms with E-state index in [1.54, 1.807) is 0 Å². The number of anilines is 1. The van der Waals surface area contributed by atoms with Gasteiger partial charge in [-0.15, -0.1) is 0 Å². The third kappa shape index (κ3) is 3.49. The van der Waals surface area contributed by atoms with Crippen LogP contribution in [0.15, 0.2) is 24.3 Å². The monoisotopic (exact) mass is 280 g/mol. The summed E-state index contributed by atoms with van der Waals surface area (Å²) in [6.45, 7) is 1.05. The lowest BCUT2D eigenvalue weighted by Crippen LogP contribution is -2.26. The van der Waals surface area contributed by atoms with Crippen LogP contribution in [0.1, 0.15) is 6.92 Å². The second-order valence-corrected chi connectivity index (χ2v) is 4.86. The summed E-state index contributed by atoms with van der Waals surface area (Å²) >= 11 is 1.35. The Hall–Kier alpha value is -1.99. The minimum absolute atomic E-state index is 0.316. The Morgan fingerprint density at radius 2 is 2.21 bits per heavy atom. The van der Waals surface area contributed by atoms with Gasteiger partial charge in [0.15, 0.2) is 11.2 Å². The van der Waals surface area contributed by atoms with Gasteiger partial charge in [0, 0.05) is 0 Å². The van der Waals surface area contributed by atoms with E-state index in [1.165, 1.54) is 18.3 Å². The van der Waals surface area contributed by atoms with Gasteiger partial charge in [0.2, 0.25) is 0 Å². The molecule has 1 amide bonds. The molecular weight excluding hydrogens is 268 g/mol. The van der Waals surface area contributed by atoms with Gasteiger partial charge in [-0.25, -0.2) is 9.78 Å². The molecule has 0 aliphatic carbocycles. The third-order valence-electron chi connectivity index (χ3n) is 2.35. The van der Waals surface area contributed by atoms with E-state index in [2.05, 4.69) is 10.3 Å². The number of hydrogen-bond acceptors (Lipinski definition) is 5. The minimum atomic E-state index is -1.10. The van der Waals surface area contributed by atoms with Gasteiger partial charge >= 0.3 is 5.97 Å². The summed E-state index contributed by atoms with van der Waals surface area (Å²) < 4.78 is 5.85. The van der Waals surface area contributed by atoms with Crippen LogP contribution in [0.25, 0.3) is 10.2 Å². The summed E-state index contributed by atoms with van der Waals surface area (Å²) in [5, 5.41) is 11.7. The Morgan fingerprint density at radius 1 is 1.47 bits per heavy atom. The molecule has 0 saturated heterocycles. The summed E-state index contributed by atoms with van der Waals surface area (Å²) in [7, 11) is 0. The first kappa shape index (κ1) is 13.4. The molecular formula is C12H12N2O4S. The topological polar surface area (TPSA) is 88.5 Å². The molecule has 0 aliphatic heterocycles. The molecule has 0 radical (unpaired) electrons. The smallest absolute Gasteiger partial charge is 0.332 e. The van der Waals surface area contributed by atoms with E-state index < -0.39 is 18.0 Å². The molecule has 2 N–H and O–H groups in total. The first-order chi connectivity index (χ1) is 9.06. The van der Waals surface area contributed by atoms with Crippen molar-refractivity contribution >= 4 is 38.6 Å². The number of para-hydroxylation sites is 1. The SMILES string of the molecule is C[C@@H](OCC(=O)Nc1nc2ccccc2s1)C(=O)O. The molecule has 7 heteroatoms. The van der Waals surface area contributed by atoms with Crippen molar-refractivity contribution in [3.05, 3.63) is 24.3 Å². The number of thiazole rings is 1. The van der Waals surface area contributed by atoms with Crippen molar-refractivity contribution in [3.63, 3.8) is 0 Å². The molecule has 0 fully saturated rings. The number of rotatable bonds is 5. The number of carboxylic acids is 1. The standard InChI is InChI=1S/C12H12N2O4S/c1-7(11(16)17)18-6-10(15)14-12-13-8-4-2-3-5-9(8)19-12/h2-5,7H,6H2,1H3,(H,16,17)(H,13,14,15)/t7-/m1/s1. The van der Waals surface area contributed by atoms with Crippen molar-refractivity contribution in [1.82, 2.24) is 4.98 Å².